The highest BCUT2D eigenvalue weighted by Crippen LogP contribution is 2.29. The van der Waals surface area contributed by atoms with Gasteiger partial charge in [-0.25, -0.2) is 13.2 Å². The molecule has 1 aromatic carbocycles. The Morgan fingerprint density at radius 1 is 0.926 bits per heavy atom. The van der Waals surface area contributed by atoms with E-state index in [2.05, 4.69) is 0 Å². The summed E-state index contributed by atoms with van der Waals surface area (Å²) in [5, 5.41) is 0. The summed E-state index contributed by atoms with van der Waals surface area (Å²) < 4.78 is 61.5. The van der Waals surface area contributed by atoms with Gasteiger partial charge in [0, 0.05) is 5.56 Å². The zero-order valence-electron chi connectivity index (χ0n) is 16.1. The van der Waals surface area contributed by atoms with Gasteiger partial charge in [-0.3, -0.25) is 0 Å². The summed E-state index contributed by atoms with van der Waals surface area (Å²) >= 11 is 0. The van der Waals surface area contributed by atoms with Crippen molar-refractivity contribution in [2.75, 3.05) is 12.5 Å². The van der Waals surface area contributed by atoms with Gasteiger partial charge in [0.1, 0.15) is 0 Å². The Morgan fingerprint density at radius 3 is 1.78 bits per heavy atom. The fraction of sp³-hybridized carbons (Fsp3) is 0.562. The molecule has 0 unspecified atom stereocenters. The molecule has 154 valence electrons. The van der Waals surface area contributed by atoms with E-state index in [9.17, 15) is 21.6 Å². The lowest BCUT2D eigenvalue weighted by Gasteiger charge is -2.28. The van der Waals surface area contributed by atoms with Crippen molar-refractivity contribution in [1.82, 2.24) is 0 Å². The van der Waals surface area contributed by atoms with E-state index in [1.54, 1.807) is 6.07 Å². The average Bonchev–Trinajstić information content (AvgIpc) is 2.56. The maximum absolute atomic E-state index is 12.8. The van der Waals surface area contributed by atoms with Crippen molar-refractivity contribution in [3.8, 4) is 0 Å². The molecule has 8 nitrogen and oxygen atoms in total. The van der Waals surface area contributed by atoms with Crippen LogP contribution in [0.1, 0.15) is 43.0 Å². The summed E-state index contributed by atoms with van der Waals surface area (Å²) in [5.74, 6) is -0.651. The number of hydrogen-bond donors (Lipinski definition) is 0. The average molecular weight is 439 g/mol. The van der Waals surface area contributed by atoms with Gasteiger partial charge in [0.25, 0.3) is 28.6 Å². The molecule has 0 aliphatic heterocycles. The lowest BCUT2D eigenvalue weighted by Crippen LogP contribution is -2.38. The van der Waals surface area contributed by atoms with Crippen molar-refractivity contribution in [3.05, 3.63) is 35.4 Å². The highest BCUT2D eigenvalue weighted by atomic mass is 32.2. The molecule has 27 heavy (non-hydrogen) atoms. The molecular formula is C16H26O8S2Si. The van der Waals surface area contributed by atoms with Crippen LogP contribution in [0.25, 0.3) is 0 Å². The van der Waals surface area contributed by atoms with Crippen LogP contribution < -0.4 is 0 Å². The third-order valence-corrected chi connectivity index (χ3v) is 9.73. The van der Waals surface area contributed by atoms with Crippen molar-refractivity contribution < 1.29 is 34.4 Å². The summed E-state index contributed by atoms with van der Waals surface area (Å²) in [4.78, 5) is 12.8. The Balaban J connectivity index is 3.37. The summed E-state index contributed by atoms with van der Waals surface area (Å²) in [7, 11) is -10.4. The van der Waals surface area contributed by atoms with Crippen LogP contribution in [-0.2, 0) is 33.0 Å². The van der Waals surface area contributed by atoms with Gasteiger partial charge in [0.05, 0.1) is 18.1 Å². The standard InChI is InChI=1S/C16H26O8S2Si/c1-6-27(7-2,8-3)24-15(17)13-11-9-10-12-14(13)16(22-25(4,18)19)23-26(5,20)21/h9-12,16H,6-8H2,1-5H3. The lowest BCUT2D eigenvalue weighted by atomic mass is 10.1. The monoisotopic (exact) mass is 438 g/mol. The second-order valence-corrected chi connectivity index (χ2v) is 14.0. The smallest absolute Gasteiger partial charge is 0.325 e. The predicted octanol–water partition coefficient (Wildman–Crippen LogP) is 2.80. The molecule has 11 heteroatoms. The quantitative estimate of drug-likeness (QED) is 0.311. The number of rotatable bonds is 10. The Labute approximate surface area is 162 Å². The molecule has 0 atom stereocenters. The molecular weight excluding hydrogens is 412 g/mol. The third-order valence-electron chi connectivity index (χ3n) is 4.20. The van der Waals surface area contributed by atoms with E-state index in [-0.39, 0.29) is 11.1 Å². The summed E-state index contributed by atoms with van der Waals surface area (Å²) in [6.45, 7) is 5.88. The molecule has 0 amide bonds. The Morgan fingerprint density at radius 2 is 1.37 bits per heavy atom. The first-order valence-electron chi connectivity index (χ1n) is 8.45. The van der Waals surface area contributed by atoms with Crippen LogP contribution in [0.3, 0.4) is 0 Å². The molecule has 0 heterocycles. The Hall–Kier alpha value is -1.27. The first-order chi connectivity index (χ1) is 12.4. The highest BCUT2D eigenvalue weighted by Gasteiger charge is 2.35. The van der Waals surface area contributed by atoms with Crippen LogP contribution >= 0.6 is 0 Å². The first-order valence-corrected chi connectivity index (χ1v) is 14.6. The van der Waals surface area contributed by atoms with E-state index in [4.69, 9.17) is 12.8 Å². The van der Waals surface area contributed by atoms with Gasteiger partial charge in [0.2, 0.25) is 6.29 Å². The number of carbonyl (C=O) groups excluding carboxylic acids is 1. The van der Waals surface area contributed by atoms with E-state index < -0.39 is 40.8 Å². The fourth-order valence-electron chi connectivity index (χ4n) is 2.54. The van der Waals surface area contributed by atoms with E-state index in [0.29, 0.717) is 0 Å². The number of hydrogen-bond acceptors (Lipinski definition) is 8. The van der Waals surface area contributed by atoms with Gasteiger partial charge in [-0.05, 0) is 24.2 Å². The lowest BCUT2D eigenvalue weighted by molar-refractivity contribution is 0.0158. The highest BCUT2D eigenvalue weighted by molar-refractivity contribution is 7.86. The molecule has 0 spiro atoms. The largest absolute Gasteiger partial charge is 0.516 e. The molecule has 0 aliphatic carbocycles. The second-order valence-electron chi connectivity index (χ2n) is 6.15. The molecule has 0 aliphatic rings. The number of carbonyl (C=O) groups is 1. The zero-order valence-corrected chi connectivity index (χ0v) is 18.7. The van der Waals surface area contributed by atoms with E-state index >= 15 is 0 Å². The fourth-order valence-corrected chi connectivity index (χ4v) is 5.95. The van der Waals surface area contributed by atoms with Crippen LogP contribution in [-0.4, -0.2) is 43.6 Å². The maximum atomic E-state index is 12.8. The van der Waals surface area contributed by atoms with Crippen LogP contribution in [0.5, 0.6) is 0 Å². The molecule has 0 bridgehead atoms. The van der Waals surface area contributed by atoms with Crippen LogP contribution in [0.2, 0.25) is 18.1 Å². The third kappa shape index (κ3) is 7.34. The van der Waals surface area contributed by atoms with Crippen molar-refractivity contribution >= 4 is 34.5 Å². The van der Waals surface area contributed by atoms with Gasteiger partial charge >= 0.3 is 5.97 Å². The minimum Gasteiger partial charge on any atom is -0.516 e. The minimum atomic E-state index is -4.07. The Kier molecular flexibility index (Phi) is 8.17. The molecule has 0 fully saturated rings. The molecule has 1 aromatic rings. The SMILES string of the molecule is CC[Si](CC)(CC)OC(=O)c1ccccc1C(OS(C)(=O)=O)OS(C)(=O)=O. The molecule has 0 radical (unpaired) electrons. The maximum Gasteiger partial charge on any atom is 0.325 e. The van der Waals surface area contributed by atoms with E-state index in [1.165, 1.54) is 18.2 Å². The van der Waals surface area contributed by atoms with E-state index in [0.717, 1.165) is 30.6 Å². The first kappa shape index (κ1) is 23.8. The van der Waals surface area contributed by atoms with Gasteiger partial charge < -0.3 is 4.43 Å². The second kappa shape index (κ2) is 9.28. The van der Waals surface area contributed by atoms with Crippen LogP contribution in [0.15, 0.2) is 24.3 Å². The van der Waals surface area contributed by atoms with Gasteiger partial charge in [0.15, 0.2) is 0 Å². The van der Waals surface area contributed by atoms with Crippen molar-refractivity contribution in [2.45, 2.75) is 45.2 Å². The van der Waals surface area contributed by atoms with Crippen molar-refractivity contribution in [1.29, 1.82) is 0 Å². The molecule has 0 N–H and O–H groups in total. The molecule has 0 saturated carbocycles. The van der Waals surface area contributed by atoms with Gasteiger partial charge in [-0.1, -0.05) is 39.0 Å². The zero-order chi connectivity index (χ0) is 20.9. The molecule has 0 aromatic heterocycles. The van der Waals surface area contributed by atoms with Crippen molar-refractivity contribution in [2.24, 2.45) is 0 Å². The van der Waals surface area contributed by atoms with Crippen LogP contribution in [0, 0.1) is 0 Å². The molecule has 0 saturated heterocycles. The topological polar surface area (TPSA) is 113 Å². The van der Waals surface area contributed by atoms with E-state index in [1.807, 2.05) is 20.8 Å². The predicted molar refractivity (Wildman–Crippen MR) is 104 cm³/mol. The summed E-state index contributed by atoms with van der Waals surface area (Å²) in [5.41, 5.74) is -0.0356. The van der Waals surface area contributed by atoms with Gasteiger partial charge in [-0.15, -0.1) is 0 Å². The normalized spacial score (nSPS) is 13.0. The minimum absolute atomic E-state index is 0.00188. The van der Waals surface area contributed by atoms with Gasteiger partial charge in [-0.2, -0.15) is 16.8 Å². The summed E-state index contributed by atoms with van der Waals surface area (Å²) in [6.07, 6.45) is -0.300. The van der Waals surface area contributed by atoms with Crippen LogP contribution in [0.4, 0.5) is 0 Å². The number of benzene rings is 1. The molecule has 1 rings (SSSR count). The van der Waals surface area contributed by atoms with Crippen molar-refractivity contribution in [3.63, 3.8) is 0 Å². The Bertz CT molecular complexity index is 818. The summed E-state index contributed by atoms with van der Waals surface area (Å²) in [6, 6.07) is 8.06.